The van der Waals surface area contributed by atoms with Gasteiger partial charge in [-0.2, -0.15) is 13.2 Å². The number of aromatic amines is 1. The summed E-state index contributed by atoms with van der Waals surface area (Å²) in [6.45, 7) is 0. The number of aromatic nitrogens is 4. The second-order valence-corrected chi connectivity index (χ2v) is 4.57. The van der Waals surface area contributed by atoms with Gasteiger partial charge in [0.2, 0.25) is 0 Å². The van der Waals surface area contributed by atoms with Gasteiger partial charge in [0.05, 0.1) is 5.56 Å². The first-order chi connectivity index (χ1) is 9.88. The van der Waals surface area contributed by atoms with Crippen molar-refractivity contribution in [2.75, 3.05) is 5.73 Å². The number of hydrogen-bond acceptors (Lipinski definition) is 4. The molecule has 9 heteroatoms. The van der Waals surface area contributed by atoms with Crippen molar-refractivity contribution in [3.63, 3.8) is 0 Å². The third-order valence-corrected chi connectivity index (χ3v) is 3.15. The largest absolute Gasteiger partial charge is 0.419 e. The number of nitrogens with two attached hydrogens (primary N) is 1. The molecule has 0 amide bonds. The smallest absolute Gasteiger partial charge is 0.398 e. The van der Waals surface area contributed by atoms with Crippen molar-refractivity contribution in [3.8, 4) is 11.4 Å². The fraction of sp³-hybridized carbons (Fsp3) is 0.0833. The van der Waals surface area contributed by atoms with E-state index in [1.165, 1.54) is 24.5 Å². The molecule has 0 aliphatic rings. The first-order valence-corrected chi connectivity index (χ1v) is 6.08. The molecule has 0 saturated carbocycles. The summed E-state index contributed by atoms with van der Waals surface area (Å²) in [5.41, 5.74) is 4.40. The lowest BCUT2D eigenvalue weighted by molar-refractivity contribution is -0.136. The Morgan fingerprint density at radius 3 is 2.62 bits per heavy atom. The average molecular weight is 314 g/mol. The van der Waals surface area contributed by atoms with E-state index < -0.39 is 11.7 Å². The van der Waals surface area contributed by atoms with Crippen molar-refractivity contribution < 1.29 is 13.2 Å². The molecular weight excluding hydrogens is 307 g/mol. The summed E-state index contributed by atoms with van der Waals surface area (Å²) in [5.74, 6) is -0.0213. The summed E-state index contributed by atoms with van der Waals surface area (Å²) in [6.07, 6.45) is -3.41. The number of alkyl halides is 3. The summed E-state index contributed by atoms with van der Waals surface area (Å²) >= 11 is 5.84. The van der Waals surface area contributed by atoms with Gasteiger partial charge in [-0.05, 0) is 6.07 Å². The third kappa shape index (κ3) is 2.27. The molecule has 0 unspecified atom stereocenters. The van der Waals surface area contributed by atoms with Crippen molar-refractivity contribution in [2.45, 2.75) is 6.18 Å². The average Bonchev–Trinajstić information content (AvgIpc) is 2.82. The maximum atomic E-state index is 13.2. The number of H-pyrrole nitrogens is 1. The van der Waals surface area contributed by atoms with Gasteiger partial charge in [0.15, 0.2) is 10.8 Å². The summed E-state index contributed by atoms with van der Waals surface area (Å²) < 4.78 is 39.5. The van der Waals surface area contributed by atoms with E-state index in [9.17, 15) is 13.2 Å². The van der Waals surface area contributed by atoms with Gasteiger partial charge in [0, 0.05) is 11.3 Å². The van der Waals surface area contributed by atoms with E-state index in [0.717, 1.165) is 0 Å². The molecule has 0 spiro atoms. The van der Waals surface area contributed by atoms with Crippen LogP contribution in [0.25, 0.3) is 22.6 Å². The zero-order valence-corrected chi connectivity index (χ0v) is 11.0. The Labute approximate surface area is 121 Å². The van der Waals surface area contributed by atoms with E-state index in [0.29, 0.717) is 0 Å². The van der Waals surface area contributed by atoms with Crippen molar-refractivity contribution in [1.82, 2.24) is 19.9 Å². The second kappa shape index (κ2) is 4.59. The van der Waals surface area contributed by atoms with Crippen LogP contribution in [0.15, 0.2) is 24.5 Å². The Morgan fingerprint density at radius 1 is 1.19 bits per heavy atom. The van der Waals surface area contributed by atoms with Crippen molar-refractivity contribution >= 4 is 28.5 Å². The van der Waals surface area contributed by atoms with E-state index in [2.05, 4.69) is 19.9 Å². The van der Waals surface area contributed by atoms with Gasteiger partial charge in [0.1, 0.15) is 17.7 Å². The number of nitrogens with one attached hydrogen (secondary N) is 1. The molecule has 2 aromatic heterocycles. The van der Waals surface area contributed by atoms with Crippen LogP contribution < -0.4 is 5.73 Å². The normalized spacial score (nSPS) is 12.0. The van der Waals surface area contributed by atoms with Gasteiger partial charge in [-0.1, -0.05) is 23.7 Å². The zero-order valence-electron chi connectivity index (χ0n) is 10.2. The minimum atomic E-state index is -4.60. The summed E-state index contributed by atoms with van der Waals surface area (Å²) in [4.78, 5) is 14.3. The van der Waals surface area contributed by atoms with E-state index in [1.54, 1.807) is 0 Å². The highest BCUT2D eigenvalue weighted by Gasteiger charge is 2.36. The summed E-state index contributed by atoms with van der Waals surface area (Å²) in [6, 6.07) is 3.88. The van der Waals surface area contributed by atoms with Crippen LogP contribution in [0.5, 0.6) is 0 Å². The number of fused-ring (bicyclic) bond motifs is 1. The first kappa shape index (κ1) is 13.6. The Kier molecular flexibility index (Phi) is 2.98. The minimum Gasteiger partial charge on any atom is -0.398 e. The Hall–Kier alpha value is -2.35. The fourth-order valence-corrected chi connectivity index (χ4v) is 2.19. The highest BCUT2D eigenvalue weighted by molar-refractivity contribution is 6.33. The van der Waals surface area contributed by atoms with Gasteiger partial charge in [-0.3, -0.25) is 0 Å². The van der Waals surface area contributed by atoms with Crippen LogP contribution in [-0.4, -0.2) is 19.9 Å². The number of anilines is 1. The number of nitrogens with zero attached hydrogens (tertiary/aromatic N) is 3. The molecule has 0 aliphatic carbocycles. The molecule has 0 fully saturated rings. The lowest BCUT2D eigenvalue weighted by Crippen LogP contribution is -2.11. The highest BCUT2D eigenvalue weighted by Crippen LogP contribution is 2.40. The Bertz CT molecular complexity index is 827. The number of benzene rings is 1. The molecule has 3 N–H and O–H groups in total. The van der Waals surface area contributed by atoms with Gasteiger partial charge in [-0.25, -0.2) is 15.0 Å². The van der Waals surface area contributed by atoms with E-state index >= 15 is 0 Å². The second-order valence-electron chi connectivity index (χ2n) is 4.21. The molecule has 0 atom stereocenters. The van der Waals surface area contributed by atoms with E-state index in [-0.39, 0.29) is 33.4 Å². The third-order valence-electron chi connectivity index (χ3n) is 2.87. The molecular formula is C12H7ClF3N5. The standard InChI is InChI=1S/C12H7ClF3N5/c13-9-8-11(19-4-18-9)21-10(20-8)5-2-1-3-6(17)7(5)12(14,15)16/h1-4H,17H2,(H,18,19,20,21). The summed E-state index contributed by atoms with van der Waals surface area (Å²) in [5, 5.41) is 0.0555. The van der Waals surface area contributed by atoms with Gasteiger partial charge >= 0.3 is 6.18 Å². The van der Waals surface area contributed by atoms with Crippen LogP contribution in [-0.2, 0) is 6.18 Å². The molecule has 0 saturated heterocycles. The highest BCUT2D eigenvalue weighted by atomic mass is 35.5. The monoisotopic (exact) mass is 313 g/mol. The maximum Gasteiger partial charge on any atom is 0.419 e. The molecule has 108 valence electrons. The number of hydrogen-bond donors (Lipinski definition) is 2. The predicted octanol–water partition coefficient (Wildman–Crippen LogP) is 3.27. The molecule has 0 radical (unpaired) electrons. The molecule has 2 heterocycles. The van der Waals surface area contributed by atoms with Crippen LogP contribution in [0.1, 0.15) is 5.56 Å². The number of nitrogen functional groups attached to an aromatic ring is 1. The molecule has 3 aromatic rings. The van der Waals surface area contributed by atoms with E-state index in [4.69, 9.17) is 17.3 Å². The van der Waals surface area contributed by atoms with E-state index in [1.807, 2.05) is 0 Å². The Morgan fingerprint density at radius 2 is 1.95 bits per heavy atom. The molecule has 0 aliphatic heterocycles. The lowest BCUT2D eigenvalue weighted by atomic mass is 10.0. The first-order valence-electron chi connectivity index (χ1n) is 5.70. The zero-order chi connectivity index (χ0) is 15.2. The Balaban J connectivity index is 2.29. The van der Waals surface area contributed by atoms with Crippen LogP contribution in [0, 0.1) is 0 Å². The molecule has 0 bridgehead atoms. The topological polar surface area (TPSA) is 80.5 Å². The van der Waals surface area contributed by atoms with Crippen molar-refractivity contribution in [3.05, 3.63) is 35.2 Å². The van der Waals surface area contributed by atoms with Crippen LogP contribution in [0.3, 0.4) is 0 Å². The van der Waals surface area contributed by atoms with Crippen molar-refractivity contribution in [2.24, 2.45) is 0 Å². The SMILES string of the molecule is Nc1cccc(-c2nc3c(Cl)ncnc3[nH]2)c1C(F)(F)F. The quantitative estimate of drug-likeness (QED) is 0.533. The molecule has 3 rings (SSSR count). The van der Waals surface area contributed by atoms with Crippen molar-refractivity contribution in [1.29, 1.82) is 0 Å². The predicted molar refractivity (Wildman–Crippen MR) is 71.5 cm³/mol. The van der Waals surface area contributed by atoms with Crippen LogP contribution in [0.2, 0.25) is 5.15 Å². The minimum absolute atomic E-state index is 0.0213. The fourth-order valence-electron chi connectivity index (χ4n) is 2.01. The number of halogens is 4. The molecule has 1 aromatic carbocycles. The van der Waals surface area contributed by atoms with Gasteiger partial charge in [-0.15, -0.1) is 0 Å². The van der Waals surface area contributed by atoms with Gasteiger partial charge < -0.3 is 10.7 Å². The van der Waals surface area contributed by atoms with Crippen LogP contribution >= 0.6 is 11.6 Å². The lowest BCUT2D eigenvalue weighted by Gasteiger charge is -2.13. The van der Waals surface area contributed by atoms with Crippen LogP contribution in [0.4, 0.5) is 18.9 Å². The molecule has 21 heavy (non-hydrogen) atoms. The van der Waals surface area contributed by atoms with Gasteiger partial charge in [0.25, 0.3) is 0 Å². The number of rotatable bonds is 1. The molecule has 5 nitrogen and oxygen atoms in total. The summed E-state index contributed by atoms with van der Waals surface area (Å²) in [7, 11) is 0. The maximum absolute atomic E-state index is 13.2. The number of imidazole rings is 1.